The summed E-state index contributed by atoms with van der Waals surface area (Å²) >= 11 is 9.65. The Morgan fingerprint density at radius 3 is 2.82 bits per heavy atom. The van der Waals surface area contributed by atoms with Gasteiger partial charge in [0.25, 0.3) is 5.91 Å². The van der Waals surface area contributed by atoms with Gasteiger partial charge in [0.2, 0.25) is 0 Å². The Kier molecular flexibility index (Phi) is 7.39. The van der Waals surface area contributed by atoms with Gasteiger partial charge in [0.15, 0.2) is 0 Å². The molecule has 2 aliphatic rings. The van der Waals surface area contributed by atoms with Gasteiger partial charge in [-0.1, -0.05) is 29.8 Å². The van der Waals surface area contributed by atoms with E-state index in [9.17, 15) is 4.79 Å². The third-order valence-corrected chi connectivity index (χ3v) is 7.20. The summed E-state index contributed by atoms with van der Waals surface area (Å²) in [4.78, 5) is 20.8. The predicted molar refractivity (Wildman–Crippen MR) is 140 cm³/mol. The van der Waals surface area contributed by atoms with E-state index in [1.54, 1.807) is 0 Å². The second-order valence-electron chi connectivity index (χ2n) is 8.35. The molecule has 0 radical (unpaired) electrons. The van der Waals surface area contributed by atoms with E-state index in [2.05, 4.69) is 44.9 Å². The normalized spacial score (nSPS) is 16.6. The third kappa shape index (κ3) is 4.80. The number of nitrogens with zero attached hydrogens (tertiary/aromatic N) is 2. The fourth-order valence-corrected chi connectivity index (χ4v) is 5.34. The molecule has 8 heteroatoms. The molecule has 0 saturated carbocycles. The number of para-hydroxylation sites is 1. The van der Waals surface area contributed by atoms with Gasteiger partial charge in [-0.05, 0) is 59.1 Å². The fraction of sp³-hybridized carbons (Fsp3) is 0.320. The zero-order chi connectivity index (χ0) is 22.2. The van der Waals surface area contributed by atoms with Crippen LogP contribution in [0.15, 0.2) is 46.9 Å². The first-order chi connectivity index (χ1) is 15.5. The molecule has 1 amide bonds. The van der Waals surface area contributed by atoms with E-state index in [0.717, 1.165) is 41.1 Å². The molecule has 0 aliphatic carbocycles. The molecule has 5 rings (SSSR count). The fourth-order valence-electron chi connectivity index (χ4n) is 4.69. The number of carbonyl (C=O) groups excluding carboxylic acids is 1. The van der Waals surface area contributed by atoms with Crippen LogP contribution >= 0.6 is 39.9 Å². The Morgan fingerprint density at radius 2 is 2.03 bits per heavy atom. The number of nitrogens with one attached hydrogen (secondary N) is 1. The van der Waals surface area contributed by atoms with Gasteiger partial charge < -0.3 is 14.6 Å². The number of hydrogen-bond acceptors (Lipinski definition) is 3. The quantitative estimate of drug-likeness (QED) is 0.437. The molecule has 0 fully saturated rings. The van der Waals surface area contributed by atoms with Crippen molar-refractivity contribution < 1.29 is 9.53 Å². The summed E-state index contributed by atoms with van der Waals surface area (Å²) in [5, 5.41) is 1.98. The van der Waals surface area contributed by atoms with Crippen molar-refractivity contribution in [2.45, 2.75) is 13.3 Å². The highest BCUT2D eigenvalue weighted by Crippen LogP contribution is 2.34. The Balaban J connectivity index is 0.00000259. The van der Waals surface area contributed by atoms with Gasteiger partial charge in [-0.2, -0.15) is 0 Å². The van der Waals surface area contributed by atoms with E-state index >= 15 is 0 Å². The van der Waals surface area contributed by atoms with Gasteiger partial charge in [0.1, 0.15) is 12.4 Å². The van der Waals surface area contributed by atoms with Gasteiger partial charge in [-0.25, -0.2) is 0 Å². The van der Waals surface area contributed by atoms with E-state index in [1.807, 2.05) is 35.2 Å². The maximum atomic E-state index is 13.0. The monoisotopic (exact) mass is 549 g/mol. The average Bonchev–Trinajstić information content (AvgIpc) is 3.01. The molecule has 174 valence electrons. The molecule has 0 spiro atoms. The first kappa shape index (κ1) is 24.1. The molecule has 0 saturated heterocycles. The number of H-pyrrole nitrogens is 1. The summed E-state index contributed by atoms with van der Waals surface area (Å²) in [5.41, 5.74) is 5.58. The lowest BCUT2D eigenvalue weighted by molar-refractivity contribution is 0.0737. The van der Waals surface area contributed by atoms with Gasteiger partial charge in [0, 0.05) is 53.4 Å². The molecular weight excluding hydrogens is 525 g/mol. The van der Waals surface area contributed by atoms with Crippen LogP contribution in [-0.2, 0) is 0 Å². The number of amides is 1. The molecule has 2 aliphatic heterocycles. The van der Waals surface area contributed by atoms with Crippen LogP contribution < -0.4 is 4.74 Å². The number of halogens is 3. The van der Waals surface area contributed by atoms with Gasteiger partial charge in [-0.3, -0.25) is 9.69 Å². The topological polar surface area (TPSA) is 48.6 Å². The van der Waals surface area contributed by atoms with Gasteiger partial charge in [0.05, 0.1) is 16.6 Å². The third-order valence-electron chi connectivity index (χ3n) is 6.34. The Bertz CT molecular complexity index is 1220. The number of aromatic nitrogens is 1. The molecular formula is C25H26BrCl2N3O2. The van der Waals surface area contributed by atoms with E-state index in [4.69, 9.17) is 16.3 Å². The number of rotatable bonds is 4. The largest absolute Gasteiger partial charge is 0.490 e. The summed E-state index contributed by atoms with van der Waals surface area (Å²) < 4.78 is 6.66. The molecule has 5 nitrogen and oxygen atoms in total. The highest BCUT2D eigenvalue weighted by Gasteiger charge is 2.25. The smallest absolute Gasteiger partial charge is 0.257 e. The van der Waals surface area contributed by atoms with E-state index < -0.39 is 0 Å². The molecule has 3 aromatic rings. The van der Waals surface area contributed by atoms with Crippen LogP contribution in [0.1, 0.15) is 28.0 Å². The maximum absolute atomic E-state index is 13.0. The van der Waals surface area contributed by atoms with Crippen molar-refractivity contribution in [2.24, 2.45) is 0 Å². The van der Waals surface area contributed by atoms with Gasteiger partial charge in [-0.15, -0.1) is 12.4 Å². The number of hydrogen-bond donors (Lipinski definition) is 1. The average molecular weight is 551 g/mol. The zero-order valence-electron chi connectivity index (χ0n) is 18.4. The van der Waals surface area contributed by atoms with Crippen molar-refractivity contribution in [1.82, 2.24) is 14.8 Å². The highest BCUT2D eigenvalue weighted by atomic mass is 79.9. The summed E-state index contributed by atoms with van der Waals surface area (Å²) in [5.74, 6) is 0.695. The van der Waals surface area contributed by atoms with Crippen molar-refractivity contribution in [1.29, 1.82) is 0 Å². The molecule has 1 N–H and O–H groups in total. The lowest BCUT2D eigenvalue weighted by Crippen LogP contribution is -2.40. The summed E-state index contributed by atoms with van der Waals surface area (Å²) in [6.45, 7) is 6.64. The molecule has 0 bridgehead atoms. The number of fused-ring (bicyclic) bond motifs is 2. The van der Waals surface area contributed by atoms with Crippen LogP contribution in [0.4, 0.5) is 0 Å². The van der Waals surface area contributed by atoms with Crippen molar-refractivity contribution >= 4 is 62.3 Å². The van der Waals surface area contributed by atoms with E-state index in [0.29, 0.717) is 31.0 Å². The van der Waals surface area contributed by atoms with E-state index in [-0.39, 0.29) is 18.3 Å². The minimum Gasteiger partial charge on any atom is -0.490 e. The van der Waals surface area contributed by atoms with Crippen LogP contribution in [0.2, 0.25) is 5.02 Å². The second-order valence-corrected chi connectivity index (χ2v) is 9.64. The first-order valence-electron chi connectivity index (χ1n) is 10.9. The van der Waals surface area contributed by atoms with Gasteiger partial charge >= 0.3 is 0 Å². The number of benzene rings is 2. The second kappa shape index (κ2) is 10.1. The van der Waals surface area contributed by atoms with Crippen molar-refractivity contribution in [3.8, 4) is 5.75 Å². The van der Waals surface area contributed by atoms with Crippen LogP contribution in [0.25, 0.3) is 16.5 Å². The van der Waals surface area contributed by atoms with Crippen molar-refractivity contribution in [2.75, 3.05) is 39.3 Å². The Hall–Kier alpha value is -1.99. The SMILES string of the molecule is Cc1[nH]c2cc(Cl)ccc2c1C1=CCN(CCN2CCOc3c(Br)cccc3C2=O)CC1.Cl. The maximum Gasteiger partial charge on any atom is 0.257 e. The molecule has 3 heterocycles. The molecule has 33 heavy (non-hydrogen) atoms. The summed E-state index contributed by atoms with van der Waals surface area (Å²) in [6, 6.07) is 11.7. The number of aryl methyl sites for hydroxylation is 1. The minimum atomic E-state index is 0. The molecule has 0 unspecified atom stereocenters. The molecule has 1 aromatic heterocycles. The number of aromatic amines is 1. The standard InChI is InChI=1S/C25H25BrClN3O2.ClH/c1-16-23(19-6-5-18(27)15-22(19)28-16)17-7-9-29(10-8-17)11-12-30-13-14-32-24-20(25(30)31)3-2-4-21(24)26;/h2-7,15,28H,8-14H2,1H3;1H. The lowest BCUT2D eigenvalue weighted by atomic mass is 9.96. The van der Waals surface area contributed by atoms with Crippen LogP contribution in [-0.4, -0.2) is 60.0 Å². The summed E-state index contributed by atoms with van der Waals surface area (Å²) in [7, 11) is 0. The van der Waals surface area contributed by atoms with Crippen LogP contribution in [0, 0.1) is 6.92 Å². The molecule has 0 atom stereocenters. The first-order valence-corrected chi connectivity index (χ1v) is 12.1. The minimum absolute atomic E-state index is 0. The lowest BCUT2D eigenvalue weighted by Gasteiger charge is -2.29. The van der Waals surface area contributed by atoms with Crippen LogP contribution in [0.3, 0.4) is 0 Å². The predicted octanol–water partition coefficient (Wildman–Crippen LogP) is 5.94. The Labute approximate surface area is 213 Å². The number of ether oxygens (including phenoxy) is 1. The van der Waals surface area contributed by atoms with Crippen molar-refractivity contribution in [3.63, 3.8) is 0 Å². The Morgan fingerprint density at radius 1 is 1.18 bits per heavy atom. The zero-order valence-corrected chi connectivity index (χ0v) is 21.5. The summed E-state index contributed by atoms with van der Waals surface area (Å²) in [6.07, 6.45) is 3.32. The highest BCUT2D eigenvalue weighted by molar-refractivity contribution is 9.10. The molecule has 2 aromatic carbocycles. The number of carbonyl (C=O) groups is 1. The van der Waals surface area contributed by atoms with Crippen LogP contribution in [0.5, 0.6) is 5.75 Å². The van der Waals surface area contributed by atoms with Crippen molar-refractivity contribution in [3.05, 3.63) is 68.8 Å². The van der Waals surface area contributed by atoms with E-state index in [1.165, 1.54) is 22.2 Å².